The molecule has 2 heterocycles. The zero-order valence-corrected chi connectivity index (χ0v) is 15.8. The van der Waals surface area contributed by atoms with Gasteiger partial charge in [0, 0.05) is 25.2 Å². The first-order valence-electron chi connectivity index (χ1n) is 8.51. The Balaban J connectivity index is 1.58. The number of amides is 1. The third-order valence-corrected chi connectivity index (χ3v) is 4.85. The number of aromatic nitrogens is 2. The average molecular weight is 394 g/mol. The lowest BCUT2D eigenvalue weighted by molar-refractivity contribution is -0.113. The fourth-order valence-electron chi connectivity index (χ4n) is 2.86. The van der Waals surface area contributed by atoms with Gasteiger partial charge in [-0.2, -0.15) is 0 Å². The topological polar surface area (TPSA) is 67.4 Å². The summed E-state index contributed by atoms with van der Waals surface area (Å²) in [7, 11) is 0. The maximum atomic E-state index is 13.6. The number of morpholine rings is 1. The molecule has 0 saturated carbocycles. The minimum Gasteiger partial charge on any atom is -0.372 e. The molecular weight excluding hydrogens is 374 g/mol. The summed E-state index contributed by atoms with van der Waals surface area (Å²) in [4.78, 5) is 22.6. The van der Waals surface area contributed by atoms with Gasteiger partial charge in [0.2, 0.25) is 5.91 Å². The van der Waals surface area contributed by atoms with Gasteiger partial charge < -0.3 is 15.0 Å². The smallest absolute Gasteiger partial charge is 0.234 e. The predicted octanol–water partition coefficient (Wildman–Crippen LogP) is 3.10. The summed E-state index contributed by atoms with van der Waals surface area (Å²) in [5, 5.41) is 3.07. The van der Waals surface area contributed by atoms with Crippen molar-refractivity contribution >= 4 is 29.2 Å². The van der Waals surface area contributed by atoms with E-state index in [0.29, 0.717) is 5.03 Å². The number of anilines is 2. The van der Waals surface area contributed by atoms with E-state index in [0.717, 1.165) is 31.0 Å². The summed E-state index contributed by atoms with van der Waals surface area (Å²) in [6.07, 6.45) is 1.67. The van der Waals surface area contributed by atoms with Crippen LogP contribution in [0.3, 0.4) is 0 Å². The number of carbonyl (C=O) groups is 1. The molecule has 2 atom stereocenters. The van der Waals surface area contributed by atoms with E-state index in [4.69, 9.17) is 4.74 Å². The van der Waals surface area contributed by atoms with Crippen LogP contribution in [0.2, 0.25) is 0 Å². The highest BCUT2D eigenvalue weighted by molar-refractivity contribution is 7.99. The van der Waals surface area contributed by atoms with Crippen LogP contribution in [0, 0.1) is 11.6 Å². The number of ether oxygens (including phenoxy) is 1. The van der Waals surface area contributed by atoms with Crippen LogP contribution < -0.4 is 10.2 Å². The van der Waals surface area contributed by atoms with Crippen molar-refractivity contribution in [1.82, 2.24) is 9.97 Å². The second kappa shape index (κ2) is 8.62. The summed E-state index contributed by atoms with van der Waals surface area (Å²) in [5.74, 6) is -1.09. The first-order chi connectivity index (χ1) is 12.9. The van der Waals surface area contributed by atoms with Gasteiger partial charge in [0.05, 0.1) is 23.6 Å². The summed E-state index contributed by atoms with van der Waals surface area (Å²) in [6.45, 7) is 5.49. The highest BCUT2D eigenvalue weighted by atomic mass is 32.2. The zero-order valence-electron chi connectivity index (χ0n) is 15.0. The van der Waals surface area contributed by atoms with Gasteiger partial charge in [0.1, 0.15) is 28.8 Å². The van der Waals surface area contributed by atoms with E-state index in [1.807, 2.05) is 19.9 Å². The molecule has 0 aliphatic carbocycles. The van der Waals surface area contributed by atoms with Crippen molar-refractivity contribution in [2.45, 2.75) is 31.1 Å². The fourth-order valence-corrected chi connectivity index (χ4v) is 3.52. The van der Waals surface area contributed by atoms with E-state index in [1.165, 1.54) is 24.2 Å². The van der Waals surface area contributed by atoms with Crippen molar-refractivity contribution in [1.29, 1.82) is 0 Å². The van der Waals surface area contributed by atoms with E-state index in [9.17, 15) is 13.6 Å². The summed E-state index contributed by atoms with van der Waals surface area (Å²) in [6, 6.07) is 4.83. The second-order valence-electron chi connectivity index (χ2n) is 6.34. The Morgan fingerprint density at radius 3 is 2.70 bits per heavy atom. The quantitative estimate of drug-likeness (QED) is 0.621. The Labute approximate surface area is 160 Å². The maximum Gasteiger partial charge on any atom is 0.234 e. The summed E-state index contributed by atoms with van der Waals surface area (Å²) >= 11 is 1.22. The number of nitrogens with one attached hydrogen (secondary N) is 1. The molecule has 1 aromatic carbocycles. The molecule has 0 bridgehead atoms. The lowest BCUT2D eigenvalue weighted by Gasteiger charge is -2.36. The normalized spacial score (nSPS) is 19.8. The maximum absolute atomic E-state index is 13.6. The molecule has 1 aliphatic rings. The van der Waals surface area contributed by atoms with Gasteiger partial charge in [-0.15, -0.1) is 0 Å². The lowest BCUT2D eigenvalue weighted by atomic mass is 10.2. The van der Waals surface area contributed by atoms with Crippen molar-refractivity contribution < 1.29 is 18.3 Å². The fraction of sp³-hybridized carbons (Fsp3) is 0.389. The largest absolute Gasteiger partial charge is 0.372 e. The van der Waals surface area contributed by atoms with Crippen LogP contribution >= 0.6 is 11.8 Å². The van der Waals surface area contributed by atoms with Gasteiger partial charge in [-0.25, -0.2) is 18.7 Å². The summed E-state index contributed by atoms with van der Waals surface area (Å²) in [5.41, 5.74) is -0.0540. The highest BCUT2D eigenvalue weighted by Crippen LogP contribution is 2.23. The Kier molecular flexibility index (Phi) is 6.22. The van der Waals surface area contributed by atoms with E-state index >= 15 is 0 Å². The van der Waals surface area contributed by atoms with Crippen LogP contribution in [-0.4, -0.2) is 46.9 Å². The highest BCUT2D eigenvalue weighted by Gasteiger charge is 2.23. The number of thioether (sulfide) groups is 1. The number of carbonyl (C=O) groups excluding carboxylic acids is 1. The number of nitrogens with zero attached hydrogens (tertiary/aromatic N) is 3. The average Bonchev–Trinajstić information content (AvgIpc) is 2.62. The van der Waals surface area contributed by atoms with Crippen molar-refractivity contribution in [2.24, 2.45) is 0 Å². The monoisotopic (exact) mass is 394 g/mol. The van der Waals surface area contributed by atoms with Gasteiger partial charge in [0.15, 0.2) is 0 Å². The number of rotatable bonds is 5. The molecule has 1 N–H and O–H groups in total. The van der Waals surface area contributed by atoms with Crippen LogP contribution in [0.4, 0.5) is 20.3 Å². The van der Waals surface area contributed by atoms with E-state index in [1.54, 1.807) is 0 Å². The first kappa shape index (κ1) is 19.5. The zero-order chi connectivity index (χ0) is 19.4. The molecule has 0 radical (unpaired) electrons. The number of halogens is 2. The van der Waals surface area contributed by atoms with Gasteiger partial charge in [-0.3, -0.25) is 4.79 Å². The molecule has 1 aromatic heterocycles. The van der Waals surface area contributed by atoms with E-state index < -0.39 is 17.5 Å². The van der Waals surface area contributed by atoms with Crippen molar-refractivity contribution in [3.05, 3.63) is 42.2 Å². The van der Waals surface area contributed by atoms with E-state index in [2.05, 4.69) is 20.2 Å². The molecule has 2 unspecified atom stereocenters. The molecule has 1 amide bonds. The van der Waals surface area contributed by atoms with Crippen molar-refractivity contribution in [2.75, 3.05) is 29.1 Å². The summed E-state index contributed by atoms with van der Waals surface area (Å²) < 4.78 is 32.2. The Bertz CT molecular complexity index is 814. The molecule has 2 aromatic rings. The second-order valence-corrected chi connectivity index (χ2v) is 7.33. The molecule has 9 heteroatoms. The number of hydrogen-bond acceptors (Lipinski definition) is 6. The minimum atomic E-state index is -0.812. The third kappa shape index (κ3) is 5.36. The molecule has 3 rings (SSSR count). The van der Waals surface area contributed by atoms with Crippen molar-refractivity contribution in [3.63, 3.8) is 0 Å². The Hall–Kier alpha value is -2.26. The van der Waals surface area contributed by atoms with Gasteiger partial charge >= 0.3 is 0 Å². The van der Waals surface area contributed by atoms with Crippen LogP contribution in [0.1, 0.15) is 13.8 Å². The predicted molar refractivity (Wildman–Crippen MR) is 100.0 cm³/mol. The Morgan fingerprint density at radius 2 is 2.00 bits per heavy atom. The molecule has 0 spiro atoms. The van der Waals surface area contributed by atoms with Crippen molar-refractivity contribution in [3.8, 4) is 0 Å². The van der Waals surface area contributed by atoms with E-state index in [-0.39, 0.29) is 23.6 Å². The molecule has 1 fully saturated rings. The van der Waals surface area contributed by atoms with Gasteiger partial charge in [-0.1, -0.05) is 11.8 Å². The molecule has 144 valence electrons. The van der Waals surface area contributed by atoms with Gasteiger partial charge in [-0.05, 0) is 26.0 Å². The molecular formula is C18H20F2N4O2S. The third-order valence-electron chi connectivity index (χ3n) is 3.93. The minimum absolute atomic E-state index is 0.0448. The first-order valence-corrected chi connectivity index (χ1v) is 9.49. The molecule has 1 saturated heterocycles. The number of benzene rings is 1. The van der Waals surface area contributed by atoms with Gasteiger partial charge in [0.25, 0.3) is 0 Å². The lowest BCUT2D eigenvalue weighted by Crippen LogP contribution is -2.45. The SMILES string of the molecule is CC1CN(c2cc(SCC(=O)Nc3ccc(F)cc3F)ncn2)CC(C)O1. The van der Waals surface area contributed by atoms with Crippen LogP contribution in [-0.2, 0) is 9.53 Å². The molecule has 27 heavy (non-hydrogen) atoms. The Morgan fingerprint density at radius 1 is 1.26 bits per heavy atom. The van der Waals surface area contributed by atoms with Crippen LogP contribution in [0.5, 0.6) is 0 Å². The van der Waals surface area contributed by atoms with Crippen LogP contribution in [0.25, 0.3) is 0 Å². The van der Waals surface area contributed by atoms with Crippen LogP contribution in [0.15, 0.2) is 35.6 Å². The molecule has 1 aliphatic heterocycles. The number of hydrogen-bond donors (Lipinski definition) is 1. The molecule has 6 nitrogen and oxygen atoms in total. The standard InChI is InChI=1S/C18H20F2N4O2S/c1-11-7-24(8-12(2)26-11)16-6-18(22-10-21-16)27-9-17(25)23-15-4-3-13(19)5-14(15)20/h3-6,10-12H,7-9H2,1-2H3,(H,23,25).